The van der Waals surface area contributed by atoms with E-state index < -0.39 is 0 Å². The van der Waals surface area contributed by atoms with Gasteiger partial charge in [0.15, 0.2) is 0 Å². The van der Waals surface area contributed by atoms with Crippen molar-refractivity contribution < 1.29 is 19.1 Å². The van der Waals surface area contributed by atoms with E-state index in [9.17, 15) is 9.59 Å². The van der Waals surface area contributed by atoms with Crippen molar-refractivity contribution in [1.82, 2.24) is 0 Å². The van der Waals surface area contributed by atoms with Gasteiger partial charge in [-0.2, -0.15) is 0 Å². The highest BCUT2D eigenvalue weighted by molar-refractivity contribution is 5.84. The topological polar surface area (TPSA) is 52.6 Å². The minimum Gasteiger partial charge on any atom is -0.465 e. The van der Waals surface area contributed by atoms with E-state index in [1.54, 1.807) is 0 Å². The Morgan fingerprint density at radius 1 is 0.905 bits per heavy atom. The molecule has 21 heavy (non-hydrogen) atoms. The Balaban J connectivity index is 1.95. The van der Waals surface area contributed by atoms with Crippen molar-refractivity contribution in [2.45, 2.75) is 46.0 Å². The molecule has 0 aliphatic heterocycles. The molecular weight excluding hydrogens is 268 g/mol. The van der Waals surface area contributed by atoms with Gasteiger partial charge in [0.25, 0.3) is 0 Å². The standard InChI is InChI=1S/C17H26O4/c1-3-5-9-20-16(18)14-12-7-8-13(11-12)15(14)17(19)21-10-6-4-2/h7-8,12-15H,3-6,9-11H2,1-2H3. The molecule has 4 atom stereocenters. The molecule has 0 radical (unpaired) electrons. The normalized spacial score (nSPS) is 29.6. The van der Waals surface area contributed by atoms with E-state index in [-0.39, 0.29) is 35.6 Å². The largest absolute Gasteiger partial charge is 0.465 e. The fraction of sp³-hybridized carbons (Fsp3) is 0.765. The highest BCUT2D eigenvalue weighted by Crippen LogP contribution is 2.49. The Labute approximate surface area is 126 Å². The van der Waals surface area contributed by atoms with Gasteiger partial charge in [0, 0.05) is 0 Å². The summed E-state index contributed by atoms with van der Waals surface area (Å²) in [4.78, 5) is 24.6. The third-order valence-electron chi connectivity index (χ3n) is 4.49. The van der Waals surface area contributed by atoms with E-state index in [2.05, 4.69) is 26.0 Å². The smallest absolute Gasteiger partial charge is 0.310 e. The first-order chi connectivity index (χ1) is 10.2. The van der Waals surface area contributed by atoms with Crippen molar-refractivity contribution >= 4 is 11.9 Å². The van der Waals surface area contributed by atoms with Crippen LogP contribution in [0.2, 0.25) is 0 Å². The summed E-state index contributed by atoms with van der Waals surface area (Å²) in [5, 5.41) is 0. The number of unbranched alkanes of at least 4 members (excludes halogenated alkanes) is 2. The van der Waals surface area contributed by atoms with Crippen LogP contribution in [0, 0.1) is 23.7 Å². The van der Waals surface area contributed by atoms with E-state index in [0.29, 0.717) is 13.2 Å². The van der Waals surface area contributed by atoms with Gasteiger partial charge < -0.3 is 9.47 Å². The third-order valence-corrected chi connectivity index (χ3v) is 4.49. The average Bonchev–Trinajstić information content (AvgIpc) is 3.08. The first-order valence-corrected chi connectivity index (χ1v) is 8.20. The zero-order chi connectivity index (χ0) is 15.2. The lowest BCUT2D eigenvalue weighted by Gasteiger charge is -2.24. The number of allylic oxidation sites excluding steroid dienone is 2. The molecule has 0 saturated heterocycles. The number of fused-ring (bicyclic) bond motifs is 2. The van der Waals surface area contributed by atoms with Crippen molar-refractivity contribution in [2.75, 3.05) is 13.2 Å². The molecular formula is C17H26O4. The summed E-state index contributed by atoms with van der Waals surface area (Å²) < 4.78 is 10.7. The van der Waals surface area contributed by atoms with Crippen LogP contribution < -0.4 is 0 Å². The maximum atomic E-state index is 12.3. The second-order valence-electron chi connectivity index (χ2n) is 6.04. The lowest BCUT2D eigenvalue weighted by molar-refractivity contribution is -0.161. The number of esters is 2. The second kappa shape index (κ2) is 7.62. The van der Waals surface area contributed by atoms with Crippen molar-refractivity contribution in [1.29, 1.82) is 0 Å². The fourth-order valence-corrected chi connectivity index (χ4v) is 3.29. The Morgan fingerprint density at radius 2 is 1.33 bits per heavy atom. The summed E-state index contributed by atoms with van der Waals surface area (Å²) in [6, 6.07) is 0. The zero-order valence-corrected chi connectivity index (χ0v) is 13.0. The molecule has 1 fully saturated rings. The number of rotatable bonds is 8. The predicted octanol–water partition coefficient (Wildman–Crippen LogP) is 3.11. The van der Waals surface area contributed by atoms with Crippen LogP contribution in [-0.4, -0.2) is 25.2 Å². The van der Waals surface area contributed by atoms with Crippen LogP contribution in [0.5, 0.6) is 0 Å². The number of hydrogen-bond donors (Lipinski definition) is 0. The molecule has 0 amide bonds. The lowest BCUT2D eigenvalue weighted by Crippen LogP contribution is -2.35. The van der Waals surface area contributed by atoms with Crippen molar-refractivity contribution in [2.24, 2.45) is 23.7 Å². The SMILES string of the molecule is CCCCOC(=O)C1C2C=CC(C2)C1C(=O)OCCCC. The van der Waals surface area contributed by atoms with Crippen molar-refractivity contribution in [3.05, 3.63) is 12.2 Å². The summed E-state index contributed by atoms with van der Waals surface area (Å²) in [5.74, 6) is -0.840. The number of ether oxygens (including phenoxy) is 2. The zero-order valence-electron chi connectivity index (χ0n) is 13.0. The van der Waals surface area contributed by atoms with Gasteiger partial charge in [0.2, 0.25) is 0 Å². The van der Waals surface area contributed by atoms with Gasteiger partial charge in [-0.1, -0.05) is 38.8 Å². The minimum absolute atomic E-state index is 0.146. The van der Waals surface area contributed by atoms with Crippen LogP contribution in [-0.2, 0) is 19.1 Å². The van der Waals surface area contributed by atoms with Gasteiger partial charge in [-0.25, -0.2) is 0 Å². The first kappa shape index (κ1) is 16.1. The van der Waals surface area contributed by atoms with Gasteiger partial charge in [0.1, 0.15) is 0 Å². The molecule has 0 aromatic carbocycles. The van der Waals surface area contributed by atoms with E-state index >= 15 is 0 Å². The Hall–Kier alpha value is -1.32. The van der Waals surface area contributed by atoms with Crippen LogP contribution in [0.15, 0.2) is 12.2 Å². The molecule has 0 aromatic rings. The Bertz CT molecular complexity index is 366. The van der Waals surface area contributed by atoms with E-state index in [0.717, 1.165) is 32.1 Å². The molecule has 2 aliphatic carbocycles. The maximum absolute atomic E-state index is 12.3. The Morgan fingerprint density at radius 3 is 1.71 bits per heavy atom. The maximum Gasteiger partial charge on any atom is 0.310 e. The lowest BCUT2D eigenvalue weighted by atomic mass is 9.83. The van der Waals surface area contributed by atoms with Gasteiger partial charge in [-0.15, -0.1) is 0 Å². The monoisotopic (exact) mass is 294 g/mol. The van der Waals surface area contributed by atoms with Gasteiger partial charge in [0.05, 0.1) is 25.0 Å². The highest BCUT2D eigenvalue weighted by Gasteiger charge is 2.52. The number of carbonyl (C=O) groups excluding carboxylic acids is 2. The highest BCUT2D eigenvalue weighted by atomic mass is 16.5. The summed E-state index contributed by atoms with van der Waals surface area (Å²) >= 11 is 0. The van der Waals surface area contributed by atoms with Gasteiger partial charge in [-0.3, -0.25) is 9.59 Å². The number of carbonyl (C=O) groups is 2. The molecule has 0 spiro atoms. The van der Waals surface area contributed by atoms with E-state index in [1.807, 2.05) is 0 Å². The molecule has 4 nitrogen and oxygen atoms in total. The van der Waals surface area contributed by atoms with Crippen molar-refractivity contribution in [3.8, 4) is 0 Å². The second-order valence-corrected chi connectivity index (χ2v) is 6.04. The molecule has 2 rings (SSSR count). The third kappa shape index (κ3) is 3.66. The van der Waals surface area contributed by atoms with Crippen LogP contribution in [0.1, 0.15) is 46.0 Å². The molecule has 4 unspecified atom stereocenters. The Kier molecular flexibility index (Phi) is 5.83. The average molecular weight is 294 g/mol. The summed E-state index contributed by atoms with van der Waals surface area (Å²) in [7, 11) is 0. The molecule has 4 heteroatoms. The molecule has 1 saturated carbocycles. The molecule has 2 bridgehead atoms. The molecule has 0 N–H and O–H groups in total. The fourth-order valence-electron chi connectivity index (χ4n) is 3.29. The van der Waals surface area contributed by atoms with Crippen molar-refractivity contribution in [3.63, 3.8) is 0 Å². The molecule has 118 valence electrons. The summed E-state index contributed by atoms with van der Waals surface area (Å²) in [6.45, 7) is 5.01. The van der Waals surface area contributed by atoms with Crippen LogP contribution in [0.4, 0.5) is 0 Å². The summed E-state index contributed by atoms with van der Waals surface area (Å²) in [5.41, 5.74) is 0. The quantitative estimate of drug-likeness (QED) is 0.392. The van der Waals surface area contributed by atoms with Crippen LogP contribution in [0.3, 0.4) is 0 Å². The van der Waals surface area contributed by atoms with Crippen LogP contribution in [0.25, 0.3) is 0 Å². The van der Waals surface area contributed by atoms with Gasteiger partial charge >= 0.3 is 11.9 Å². The predicted molar refractivity (Wildman–Crippen MR) is 79.5 cm³/mol. The van der Waals surface area contributed by atoms with Gasteiger partial charge in [-0.05, 0) is 31.1 Å². The molecule has 0 heterocycles. The minimum atomic E-state index is -0.342. The summed E-state index contributed by atoms with van der Waals surface area (Å²) in [6.07, 6.45) is 8.72. The van der Waals surface area contributed by atoms with E-state index in [4.69, 9.17) is 9.47 Å². The molecule has 0 aromatic heterocycles. The molecule has 2 aliphatic rings. The van der Waals surface area contributed by atoms with Crippen LogP contribution >= 0.6 is 0 Å². The van der Waals surface area contributed by atoms with E-state index in [1.165, 1.54) is 0 Å². The first-order valence-electron chi connectivity index (χ1n) is 8.20. The number of hydrogen-bond acceptors (Lipinski definition) is 4.